The van der Waals surface area contributed by atoms with Gasteiger partial charge in [-0.05, 0) is 45.6 Å². The molecule has 2 aromatic heterocycles. The number of esters is 1. The smallest absolute Gasteiger partial charge is 0.341 e. The van der Waals surface area contributed by atoms with Gasteiger partial charge in [0.05, 0.1) is 22.9 Å². The van der Waals surface area contributed by atoms with Crippen molar-refractivity contribution in [2.75, 3.05) is 51.1 Å². The van der Waals surface area contributed by atoms with Gasteiger partial charge in [0.1, 0.15) is 11.3 Å². The molecule has 4 rings (SSSR count). The monoisotopic (exact) mass is 547 g/mol. The lowest BCUT2D eigenvalue weighted by molar-refractivity contribution is -0.384. The molecular weight excluding hydrogens is 510 g/mol. The van der Waals surface area contributed by atoms with E-state index in [0.29, 0.717) is 23.6 Å². The topological polar surface area (TPSA) is 119 Å². The molecule has 0 aliphatic carbocycles. The van der Waals surface area contributed by atoms with Crippen molar-refractivity contribution in [3.05, 3.63) is 70.0 Å². The number of likely N-dealkylation sites (N-methyl/N-ethyl adjacent to an activating group) is 2. The van der Waals surface area contributed by atoms with Gasteiger partial charge in [-0.25, -0.2) is 14.8 Å². The van der Waals surface area contributed by atoms with Crippen molar-refractivity contribution >= 4 is 39.9 Å². The first-order valence-corrected chi connectivity index (χ1v) is 12.6. The second-order valence-electron chi connectivity index (χ2n) is 9.61. The zero-order valence-corrected chi connectivity index (χ0v) is 23.1. The van der Waals surface area contributed by atoms with Gasteiger partial charge >= 0.3 is 5.97 Å². The number of aromatic nitrogens is 3. The van der Waals surface area contributed by atoms with Gasteiger partial charge in [-0.3, -0.25) is 10.1 Å². The Hall–Kier alpha value is -4.51. The largest absolute Gasteiger partial charge is 0.462 e. The van der Waals surface area contributed by atoms with Crippen LogP contribution < -0.4 is 10.2 Å². The van der Waals surface area contributed by atoms with Crippen LogP contribution in [0.5, 0.6) is 0 Å². The molecule has 11 heteroatoms. The van der Waals surface area contributed by atoms with Crippen LogP contribution >= 0.6 is 0 Å². The van der Waals surface area contributed by atoms with Gasteiger partial charge in [0.2, 0.25) is 5.95 Å². The average molecular weight is 548 g/mol. The van der Waals surface area contributed by atoms with E-state index < -0.39 is 10.9 Å². The van der Waals surface area contributed by atoms with E-state index in [1.807, 2.05) is 79.9 Å². The van der Waals surface area contributed by atoms with Crippen molar-refractivity contribution < 1.29 is 14.5 Å². The van der Waals surface area contributed by atoms with Crippen LogP contribution in [0, 0.1) is 17.0 Å². The number of aryl methyl sites for hydroxylation is 2. The Bertz CT molecular complexity index is 1530. The molecule has 0 spiro atoms. The van der Waals surface area contributed by atoms with Gasteiger partial charge in [0.25, 0.3) is 5.69 Å². The third-order valence-electron chi connectivity index (χ3n) is 6.49. The van der Waals surface area contributed by atoms with Gasteiger partial charge < -0.3 is 24.4 Å². The van der Waals surface area contributed by atoms with Crippen LogP contribution in [0.1, 0.15) is 30.3 Å². The Morgan fingerprint density at radius 3 is 2.58 bits per heavy atom. The number of fused-ring (bicyclic) bond motifs is 1. The lowest BCUT2D eigenvalue weighted by Gasteiger charge is -2.22. The van der Waals surface area contributed by atoms with Crippen molar-refractivity contribution in [1.29, 1.82) is 0 Å². The number of rotatable bonds is 10. The predicted octanol–water partition coefficient (Wildman–Crippen LogP) is 5.41. The number of hydrogen-bond donors (Lipinski definition) is 1. The summed E-state index contributed by atoms with van der Waals surface area (Å²) in [5, 5.41) is 16.0. The Kier molecular flexibility index (Phi) is 9.43. The number of carbonyl (C=O) groups is 1. The lowest BCUT2D eigenvalue weighted by Crippen LogP contribution is -2.29. The van der Waals surface area contributed by atoms with E-state index in [4.69, 9.17) is 9.72 Å². The molecule has 11 nitrogen and oxygen atoms in total. The van der Waals surface area contributed by atoms with Crippen LogP contribution in [0.25, 0.3) is 22.2 Å². The SMILES string of the molecule is C.CCOC(=O)c1cnc(Nc2cc([N+](=O)[O-])c(N(C)CCN(C)C)cc2C)nc1-c1cn(C)c2ccccc12. The summed E-state index contributed by atoms with van der Waals surface area (Å²) in [7, 11) is 7.68. The maximum atomic E-state index is 12.8. The summed E-state index contributed by atoms with van der Waals surface area (Å²) in [5.41, 5.74) is 4.17. The molecule has 0 aliphatic heterocycles. The van der Waals surface area contributed by atoms with Crippen molar-refractivity contribution in [2.45, 2.75) is 21.3 Å². The number of anilines is 3. The molecule has 2 aromatic carbocycles. The summed E-state index contributed by atoms with van der Waals surface area (Å²) in [4.78, 5) is 37.4. The molecular formula is C29H37N7O4. The molecule has 0 fully saturated rings. The molecule has 2 heterocycles. The summed E-state index contributed by atoms with van der Waals surface area (Å²) in [5.74, 6) is -0.319. The summed E-state index contributed by atoms with van der Waals surface area (Å²) < 4.78 is 7.24. The van der Waals surface area contributed by atoms with E-state index in [-0.39, 0.29) is 31.2 Å². The second-order valence-corrected chi connectivity index (χ2v) is 9.61. The maximum Gasteiger partial charge on any atom is 0.341 e. The van der Waals surface area contributed by atoms with Crippen LogP contribution in [-0.2, 0) is 11.8 Å². The lowest BCUT2D eigenvalue weighted by atomic mass is 10.1. The minimum Gasteiger partial charge on any atom is -0.462 e. The molecule has 4 aromatic rings. The number of nitrogens with zero attached hydrogens (tertiary/aromatic N) is 6. The van der Waals surface area contributed by atoms with Crippen molar-refractivity contribution in [3.63, 3.8) is 0 Å². The van der Waals surface area contributed by atoms with Crippen LogP contribution in [0.15, 0.2) is 48.8 Å². The van der Waals surface area contributed by atoms with E-state index in [1.165, 1.54) is 12.3 Å². The van der Waals surface area contributed by atoms with Crippen molar-refractivity contribution in [3.8, 4) is 11.3 Å². The number of carbonyl (C=O) groups excluding carboxylic acids is 1. The Balaban J connectivity index is 0.00000441. The Morgan fingerprint density at radius 2 is 1.90 bits per heavy atom. The minimum absolute atomic E-state index is 0. The summed E-state index contributed by atoms with van der Waals surface area (Å²) in [6.45, 7) is 5.21. The molecule has 1 N–H and O–H groups in total. The normalized spacial score (nSPS) is 10.9. The highest BCUT2D eigenvalue weighted by Gasteiger charge is 2.23. The minimum atomic E-state index is -0.524. The molecule has 0 amide bonds. The van der Waals surface area contributed by atoms with Crippen molar-refractivity contribution in [2.24, 2.45) is 7.05 Å². The number of benzene rings is 2. The standard InChI is InChI=1S/C28H33N7O4.CH4/c1-7-39-27(36)20-16-29-28(31-26(20)21-17-34(6)23-11-9-8-10-19(21)23)30-22-15-25(35(37)38)24(14-18(22)2)33(5)13-12-32(3)4;/h8-11,14-17H,7,12-13H2,1-6H3,(H,29,30,31);1H4. The van der Waals surface area contributed by atoms with Gasteiger partial charge in [-0.15, -0.1) is 0 Å². The van der Waals surface area contributed by atoms with E-state index in [9.17, 15) is 14.9 Å². The van der Waals surface area contributed by atoms with Crippen LogP contribution in [-0.4, -0.2) is 71.2 Å². The van der Waals surface area contributed by atoms with E-state index in [2.05, 4.69) is 10.3 Å². The molecule has 40 heavy (non-hydrogen) atoms. The zero-order chi connectivity index (χ0) is 28.3. The second kappa shape index (κ2) is 12.6. The third-order valence-corrected chi connectivity index (χ3v) is 6.49. The molecule has 0 aliphatic rings. The number of hydrogen-bond acceptors (Lipinski definition) is 9. The fraction of sp³-hybridized carbons (Fsp3) is 0.345. The highest BCUT2D eigenvalue weighted by atomic mass is 16.6. The molecule has 0 bridgehead atoms. The third kappa shape index (κ3) is 6.20. The average Bonchev–Trinajstić information content (AvgIpc) is 3.24. The highest BCUT2D eigenvalue weighted by Crippen LogP contribution is 2.36. The zero-order valence-electron chi connectivity index (χ0n) is 23.1. The first kappa shape index (κ1) is 30.0. The molecule has 212 valence electrons. The van der Waals surface area contributed by atoms with Gasteiger partial charge in [0, 0.05) is 62.1 Å². The quantitative estimate of drug-likeness (QED) is 0.158. The van der Waals surface area contributed by atoms with E-state index in [0.717, 1.165) is 28.6 Å². The molecule has 0 unspecified atom stereocenters. The van der Waals surface area contributed by atoms with E-state index in [1.54, 1.807) is 13.0 Å². The fourth-order valence-corrected chi connectivity index (χ4v) is 4.39. The van der Waals surface area contributed by atoms with Gasteiger partial charge in [-0.1, -0.05) is 25.6 Å². The van der Waals surface area contributed by atoms with Crippen LogP contribution in [0.4, 0.5) is 23.0 Å². The molecule has 0 atom stereocenters. The first-order chi connectivity index (χ1) is 18.6. The summed E-state index contributed by atoms with van der Waals surface area (Å²) in [6, 6.07) is 11.1. The van der Waals surface area contributed by atoms with Crippen LogP contribution in [0.3, 0.4) is 0 Å². The van der Waals surface area contributed by atoms with Gasteiger partial charge in [-0.2, -0.15) is 0 Å². The fourth-order valence-electron chi connectivity index (χ4n) is 4.39. The van der Waals surface area contributed by atoms with Gasteiger partial charge in [0.15, 0.2) is 0 Å². The number of nitrogens with one attached hydrogen (secondary N) is 1. The highest BCUT2D eigenvalue weighted by molar-refractivity contribution is 6.03. The molecule has 0 radical (unpaired) electrons. The van der Waals surface area contributed by atoms with Crippen LogP contribution in [0.2, 0.25) is 0 Å². The maximum absolute atomic E-state index is 12.8. The van der Waals surface area contributed by atoms with Crippen molar-refractivity contribution in [1.82, 2.24) is 19.4 Å². The molecule has 0 saturated heterocycles. The Labute approximate surface area is 234 Å². The first-order valence-electron chi connectivity index (χ1n) is 12.6. The number of nitro groups is 1. The van der Waals surface area contributed by atoms with E-state index >= 15 is 0 Å². The number of nitro benzene ring substituents is 1. The number of ether oxygens (including phenoxy) is 1. The summed E-state index contributed by atoms with van der Waals surface area (Å²) >= 11 is 0. The Morgan fingerprint density at radius 1 is 1.18 bits per heavy atom. The number of para-hydroxylation sites is 1. The predicted molar refractivity (Wildman–Crippen MR) is 160 cm³/mol. The molecule has 0 saturated carbocycles. The summed E-state index contributed by atoms with van der Waals surface area (Å²) in [6.07, 6.45) is 3.34.